The molecule has 1 heterocycles. The highest BCUT2D eigenvalue weighted by Gasteiger charge is 2.19. The normalized spacial score (nSPS) is 14.0. The Morgan fingerprint density at radius 3 is 1.47 bits per heavy atom. The number of para-hydroxylation sites is 2. The summed E-state index contributed by atoms with van der Waals surface area (Å²) in [6.07, 6.45) is 6.70. The van der Waals surface area contributed by atoms with Crippen molar-refractivity contribution in [3.8, 4) is 0 Å². The van der Waals surface area contributed by atoms with Crippen molar-refractivity contribution in [1.29, 1.82) is 0 Å². The molecule has 3 heteroatoms. The molecule has 0 aliphatic heterocycles. The summed E-state index contributed by atoms with van der Waals surface area (Å²) in [6.45, 7) is 2.31. The number of hydrogen-bond donors (Lipinski definition) is 0. The number of anilines is 6. The third-order valence-electron chi connectivity index (χ3n) is 11.2. The predicted molar refractivity (Wildman–Crippen MR) is 228 cm³/mol. The highest BCUT2D eigenvalue weighted by molar-refractivity contribution is 7.25. The van der Waals surface area contributed by atoms with Gasteiger partial charge in [0.25, 0.3) is 0 Å². The molecule has 0 saturated heterocycles. The van der Waals surface area contributed by atoms with Crippen LogP contribution >= 0.6 is 11.3 Å². The van der Waals surface area contributed by atoms with Crippen LogP contribution in [0.1, 0.15) is 67.6 Å². The SMILES string of the molecule is CC(c1ccc(N(c2ccccc2)c2ccccc2)cc1)c1ccc(N(c2ccc(C3CCCCC3)cc2)c2ccc3c(c2)sc2ccccc23)cc1. The standard InChI is InChI=1S/C50H44N2S/c1-36(37-21-27-43(28-22-37)51(41-15-7-3-8-16-41)42-17-9-4-10-18-42)38-23-29-44(30-24-38)52(45-31-25-40(26-32-45)39-13-5-2-6-14-39)46-33-34-48-47-19-11-12-20-49(47)53-50(48)35-46/h3-4,7-12,15-36,39H,2,5-6,13-14H2,1H3. The molecule has 1 atom stereocenters. The summed E-state index contributed by atoms with van der Waals surface area (Å²) in [6, 6.07) is 64.7. The molecule has 2 nitrogen and oxygen atoms in total. The molecule has 8 aromatic rings. The lowest BCUT2D eigenvalue weighted by Gasteiger charge is -2.27. The summed E-state index contributed by atoms with van der Waals surface area (Å²) in [7, 11) is 0. The van der Waals surface area contributed by atoms with E-state index in [9.17, 15) is 0 Å². The Hall–Kier alpha value is -5.64. The van der Waals surface area contributed by atoms with E-state index in [1.54, 1.807) is 0 Å². The van der Waals surface area contributed by atoms with Gasteiger partial charge in [-0.1, -0.05) is 123 Å². The van der Waals surface area contributed by atoms with Gasteiger partial charge in [0.05, 0.1) is 0 Å². The molecule has 260 valence electrons. The molecule has 1 fully saturated rings. The zero-order valence-corrected chi connectivity index (χ0v) is 31.1. The summed E-state index contributed by atoms with van der Waals surface area (Å²) in [5, 5.41) is 2.66. The van der Waals surface area contributed by atoms with Gasteiger partial charge in [0, 0.05) is 60.2 Å². The molecule has 1 saturated carbocycles. The monoisotopic (exact) mass is 704 g/mol. The van der Waals surface area contributed by atoms with Crippen molar-refractivity contribution >= 4 is 65.6 Å². The molecule has 53 heavy (non-hydrogen) atoms. The molecule has 0 spiro atoms. The maximum absolute atomic E-state index is 2.43. The zero-order chi connectivity index (χ0) is 35.6. The molecule has 0 N–H and O–H groups in total. The lowest BCUT2D eigenvalue weighted by Crippen LogP contribution is -2.11. The van der Waals surface area contributed by atoms with Gasteiger partial charge in [-0.05, 0) is 114 Å². The van der Waals surface area contributed by atoms with Crippen molar-refractivity contribution in [2.75, 3.05) is 9.80 Å². The van der Waals surface area contributed by atoms with Crippen LogP contribution in [0.5, 0.6) is 0 Å². The van der Waals surface area contributed by atoms with Crippen molar-refractivity contribution in [2.24, 2.45) is 0 Å². The lowest BCUT2D eigenvalue weighted by molar-refractivity contribution is 0.443. The van der Waals surface area contributed by atoms with Crippen molar-refractivity contribution in [3.05, 3.63) is 193 Å². The van der Waals surface area contributed by atoms with Crippen molar-refractivity contribution in [3.63, 3.8) is 0 Å². The first-order chi connectivity index (χ1) is 26.2. The van der Waals surface area contributed by atoms with Crippen LogP contribution in [0.2, 0.25) is 0 Å². The molecule has 0 amide bonds. The quantitative estimate of drug-likeness (QED) is 0.148. The van der Waals surface area contributed by atoms with E-state index in [1.165, 1.54) is 86.0 Å². The minimum Gasteiger partial charge on any atom is -0.311 e. The molecule has 7 aromatic carbocycles. The van der Waals surface area contributed by atoms with Gasteiger partial charge in [-0.2, -0.15) is 0 Å². The van der Waals surface area contributed by atoms with Crippen LogP contribution in [0.15, 0.2) is 176 Å². The summed E-state index contributed by atoms with van der Waals surface area (Å²) in [5.74, 6) is 0.939. The number of hydrogen-bond acceptors (Lipinski definition) is 3. The Morgan fingerprint density at radius 1 is 0.434 bits per heavy atom. The van der Waals surface area contributed by atoms with Crippen molar-refractivity contribution in [2.45, 2.75) is 50.9 Å². The molecule has 1 aliphatic carbocycles. The zero-order valence-electron chi connectivity index (χ0n) is 30.2. The Labute approximate surface area is 317 Å². The Morgan fingerprint density at radius 2 is 0.887 bits per heavy atom. The molecule has 1 unspecified atom stereocenters. The lowest BCUT2D eigenvalue weighted by atomic mass is 9.84. The van der Waals surface area contributed by atoms with E-state index in [4.69, 9.17) is 0 Å². The van der Waals surface area contributed by atoms with Crippen LogP contribution in [0.3, 0.4) is 0 Å². The summed E-state index contributed by atoms with van der Waals surface area (Å²) in [4.78, 5) is 4.75. The smallest absolute Gasteiger partial charge is 0.0476 e. The number of rotatable bonds is 9. The van der Waals surface area contributed by atoms with E-state index in [2.05, 4.69) is 193 Å². The van der Waals surface area contributed by atoms with Gasteiger partial charge in [-0.25, -0.2) is 0 Å². The van der Waals surface area contributed by atoms with E-state index >= 15 is 0 Å². The highest BCUT2D eigenvalue weighted by Crippen LogP contribution is 2.42. The highest BCUT2D eigenvalue weighted by atomic mass is 32.1. The number of nitrogens with zero attached hydrogens (tertiary/aromatic N) is 2. The van der Waals surface area contributed by atoms with Crippen LogP contribution in [0.4, 0.5) is 34.1 Å². The number of thiophene rings is 1. The van der Waals surface area contributed by atoms with E-state index in [-0.39, 0.29) is 5.92 Å². The summed E-state index contributed by atoms with van der Waals surface area (Å²) < 4.78 is 2.65. The van der Waals surface area contributed by atoms with Crippen LogP contribution in [0.25, 0.3) is 20.2 Å². The average Bonchev–Trinajstić information content (AvgIpc) is 3.61. The third kappa shape index (κ3) is 6.74. The largest absolute Gasteiger partial charge is 0.311 e. The van der Waals surface area contributed by atoms with E-state index in [0.717, 1.165) is 17.1 Å². The molecule has 9 rings (SSSR count). The fraction of sp³-hybridized carbons (Fsp3) is 0.160. The van der Waals surface area contributed by atoms with Gasteiger partial charge < -0.3 is 9.80 Å². The Balaban J connectivity index is 1.03. The summed E-state index contributed by atoms with van der Waals surface area (Å²) in [5.41, 5.74) is 11.1. The van der Waals surface area contributed by atoms with Crippen LogP contribution in [-0.4, -0.2) is 0 Å². The van der Waals surface area contributed by atoms with Gasteiger partial charge in [-0.3, -0.25) is 0 Å². The minimum atomic E-state index is 0.248. The second-order valence-electron chi connectivity index (χ2n) is 14.5. The molecular formula is C50H44N2S. The maximum Gasteiger partial charge on any atom is 0.0476 e. The molecule has 1 aliphatic rings. The van der Waals surface area contributed by atoms with E-state index < -0.39 is 0 Å². The third-order valence-corrected chi connectivity index (χ3v) is 12.3. The van der Waals surface area contributed by atoms with Gasteiger partial charge >= 0.3 is 0 Å². The predicted octanol–water partition coefficient (Wildman–Crippen LogP) is 15.2. The maximum atomic E-state index is 2.43. The average molecular weight is 705 g/mol. The Bertz CT molecular complexity index is 2390. The Kier molecular flexibility index (Phi) is 9.26. The second kappa shape index (κ2) is 14.8. The van der Waals surface area contributed by atoms with Gasteiger partial charge in [-0.15, -0.1) is 11.3 Å². The van der Waals surface area contributed by atoms with Crippen LogP contribution < -0.4 is 9.80 Å². The summed E-state index contributed by atoms with van der Waals surface area (Å²) >= 11 is 1.88. The first-order valence-corrected chi connectivity index (χ1v) is 19.9. The van der Waals surface area contributed by atoms with E-state index in [0.29, 0.717) is 5.92 Å². The van der Waals surface area contributed by atoms with Gasteiger partial charge in [0.15, 0.2) is 0 Å². The fourth-order valence-electron chi connectivity index (χ4n) is 8.25. The van der Waals surface area contributed by atoms with Crippen molar-refractivity contribution < 1.29 is 0 Å². The second-order valence-corrected chi connectivity index (χ2v) is 15.5. The van der Waals surface area contributed by atoms with Gasteiger partial charge in [0.1, 0.15) is 0 Å². The molecule has 0 radical (unpaired) electrons. The van der Waals surface area contributed by atoms with Crippen molar-refractivity contribution in [1.82, 2.24) is 0 Å². The molecule has 1 aromatic heterocycles. The topological polar surface area (TPSA) is 6.48 Å². The van der Waals surface area contributed by atoms with Crippen LogP contribution in [-0.2, 0) is 0 Å². The van der Waals surface area contributed by atoms with Crippen LogP contribution in [0, 0.1) is 0 Å². The fourth-order valence-corrected chi connectivity index (χ4v) is 9.39. The number of fused-ring (bicyclic) bond motifs is 3. The number of benzene rings is 7. The first kappa shape index (κ1) is 33.2. The minimum absolute atomic E-state index is 0.248. The van der Waals surface area contributed by atoms with Gasteiger partial charge in [0.2, 0.25) is 0 Å². The first-order valence-electron chi connectivity index (χ1n) is 19.1. The molecular weight excluding hydrogens is 661 g/mol. The molecule has 0 bridgehead atoms. The van der Waals surface area contributed by atoms with E-state index in [1.807, 2.05) is 11.3 Å².